The van der Waals surface area contributed by atoms with E-state index in [-0.39, 0.29) is 5.91 Å². The molecule has 3 heterocycles. The SMILES string of the molecule is Cc1cccc(Nc2nc(C(=O)Nc3nc(C)cs3)cs2)n1. The third kappa shape index (κ3) is 3.46. The number of nitrogens with zero attached hydrogens (tertiary/aromatic N) is 3. The summed E-state index contributed by atoms with van der Waals surface area (Å²) in [4.78, 5) is 24.9. The molecule has 22 heavy (non-hydrogen) atoms. The van der Waals surface area contributed by atoms with Crippen molar-refractivity contribution in [1.82, 2.24) is 15.0 Å². The number of nitrogens with one attached hydrogen (secondary N) is 2. The van der Waals surface area contributed by atoms with Crippen LogP contribution in [0.4, 0.5) is 16.1 Å². The van der Waals surface area contributed by atoms with Gasteiger partial charge in [-0.3, -0.25) is 10.1 Å². The Bertz CT molecular complexity index is 811. The van der Waals surface area contributed by atoms with Crippen LogP contribution in [0.2, 0.25) is 0 Å². The lowest BCUT2D eigenvalue weighted by Crippen LogP contribution is -2.12. The van der Waals surface area contributed by atoms with Crippen molar-refractivity contribution in [2.24, 2.45) is 0 Å². The first-order valence-corrected chi connectivity index (χ1v) is 8.26. The van der Waals surface area contributed by atoms with E-state index in [1.165, 1.54) is 22.7 Å². The van der Waals surface area contributed by atoms with Gasteiger partial charge in [-0.15, -0.1) is 22.7 Å². The number of aryl methyl sites for hydroxylation is 2. The molecule has 0 aromatic carbocycles. The van der Waals surface area contributed by atoms with Crippen molar-refractivity contribution in [2.75, 3.05) is 10.6 Å². The fraction of sp³-hybridized carbons (Fsp3) is 0.143. The predicted octanol–water partition coefficient (Wildman–Crippen LogP) is 3.61. The normalized spacial score (nSPS) is 10.5. The highest BCUT2D eigenvalue weighted by molar-refractivity contribution is 7.14. The van der Waals surface area contributed by atoms with Gasteiger partial charge in [-0.25, -0.2) is 15.0 Å². The fourth-order valence-corrected chi connectivity index (χ4v) is 3.11. The van der Waals surface area contributed by atoms with Gasteiger partial charge in [0.2, 0.25) is 0 Å². The van der Waals surface area contributed by atoms with Crippen LogP contribution in [0.5, 0.6) is 0 Å². The van der Waals surface area contributed by atoms with E-state index in [1.807, 2.05) is 37.4 Å². The number of hydrogen-bond donors (Lipinski definition) is 2. The minimum atomic E-state index is -0.268. The molecular weight excluding hydrogens is 318 g/mol. The molecule has 6 nitrogen and oxygen atoms in total. The molecule has 3 aromatic heterocycles. The van der Waals surface area contributed by atoms with Crippen molar-refractivity contribution in [1.29, 1.82) is 0 Å². The zero-order valence-electron chi connectivity index (χ0n) is 12.0. The summed E-state index contributed by atoms with van der Waals surface area (Å²) in [5.41, 5.74) is 2.15. The van der Waals surface area contributed by atoms with Gasteiger partial charge in [-0.2, -0.15) is 0 Å². The summed E-state index contributed by atoms with van der Waals surface area (Å²) < 4.78 is 0. The molecule has 8 heteroatoms. The van der Waals surface area contributed by atoms with Gasteiger partial charge in [-0.1, -0.05) is 6.07 Å². The Morgan fingerprint density at radius 3 is 2.55 bits per heavy atom. The zero-order chi connectivity index (χ0) is 15.5. The lowest BCUT2D eigenvalue weighted by atomic mass is 10.4. The minimum Gasteiger partial charge on any atom is -0.316 e. The molecule has 0 aliphatic rings. The molecule has 0 fully saturated rings. The minimum absolute atomic E-state index is 0.268. The van der Waals surface area contributed by atoms with Crippen LogP contribution in [0.25, 0.3) is 0 Å². The Labute approximate surface area is 135 Å². The Kier molecular flexibility index (Phi) is 4.12. The molecule has 0 saturated heterocycles. The first kappa shape index (κ1) is 14.6. The van der Waals surface area contributed by atoms with Crippen LogP contribution in [0, 0.1) is 13.8 Å². The molecule has 0 aliphatic carbocycles. The molecule has 0 aliphatic heterocycles. The lowest BCUT2D eigenvalue weighted by molar-refractivity contribution is 0.102. The number of hydrogen-bond acceptors (Lipinski definition) is 7. The number of anilines is 3. The topological polar surface area (TPSA) is 79.8 Å². The van der Waals surface area contributed by atoms with Crippen LogP contribution in [-0.4, -0.2) is 20.9 Å². The fourth-order valence-electron chi connectivity index (χ4n) is 1.73. The van der Waals surface area contributed by atoms with Crippen LogP contribution >= 0.6 is 22.7 Å². The predicted molar refractivity (Wildman–Crippen MR) is 89.2 cm³/mol. The first-order valence-electron chi connectivity index (χ1n) is 6.50. The largest absolute Gasteiger partial charge is 0.316 e. The van der Waals surface area contributed by atoms with Gasteiger partial charge < -0.3 is 5.32 Å². The lowest BCUT2D eigenvalue weighted by Gasteiger charge is -2.01. The average Bonchev–Trinajstić information content (AvgIpc) is 3.08. The van der Waals surface area contributed by atoms with Crippen molar-refractivity contribution in [3.63, 3.8) is 0 Å². The summed E-state index contributed by atoms with van der Waals surface area (Å²) in [6, 6.07) is 5.69. The molecule has 1 amide bonds. The maximum atomic E-state index is 12.1. The van der Waals surface area contributed by atoms with Crippen LogP contribution < -0.4 is 10.6 Å². The van der Waals surface area contributed by atoms with Crippen molar-refractivity contribution in [3.05, 3.63) is 46.0 Å². The summed E-state index contributed by atoms with van der Waals surface area (Å²) in [5, 5.41) is 10.6. The molecule has 3 rings (SSSR count). The van der Waals surface area contributed by atoms with E-state index in [0.717, 1.165) is 11.4 Å². The molecule has 0 bridgehead atoms. The second-order valence-electron chi connectivity index (χ2n) is 4.58. The number of pyridine rings is 1. The monoisotopic (exact) mass is 331 g/mol. The quantitative estimate of drug-likeness (QED) is 0.763. The van der Waals surface area contributed by atoms with E-state index in [2.05, 4.69) is 25.6 Å². The Hall–Kier alpha value is -2.32. The van der Waals surface area contributed by atoms with Crippen molar-refractivity contribution < 1.29 is 4.79 Å². The highest BCUT2D eigenvalue weighted by Gasteiger charge is 2.13. The van der Waals surface area contributed by atoms with Gasteiger partial charge in [-0.05, 0) is 26.0 Å². The number of aromatic nitrogens is 3. The third-order valence-corrected chi connectivity index (χ3v) is 4.33. The summed E-state index contributed by atoms with van der Waals surface area (Å²) >= 11 is 2.74. The maximum Gasteiger partial charge on any atom is 0.276 e. The van der Waals surface area contributed by atoms with Crippen molar-refractivity contribution in [3.8, 4) is 0 Å². The number of carbonyl (C=O) groups excluding carboxylic acids is 1. The van der Waals surface area contributed by atoms with Gasteiger partial charge in [0, 0.05) is 16.5 Å². The molecule has 0 radical (unpaired) electrons. The van der Waals surface area contributed by atoms with Crippen molar-refractivity contribution >= 4 is 44.7 Å². The molecule has 0 saturated carbocycles. The number of thiazole rings is 2. The first-order chi connectivity index (χ1) is 10.6. The Morgan fingerprint density at radius 2 is 1.82 bits per heavy atom. The maximum absolute atomic E-state index is 12.1. The third-order valence-electron chi connectivity index (χ3n) is 2.70. The highest BCUT2D eigenvalue weighted by atomic mass is 32.1. The zero-order valence-corrected chi connectivity index (χ0v) is 13.6. The van der Waals surface area contributed by atoms with Gasteiger partial charge in [0.15, 0.2) is 10.3 Å². The van der Waals surface area contributed by atoms with E-state index in [4.69, 9.17) is 0 Å². The number of carbonyl (C=O) groups is 1. The highest BCUT2D eigenvalue weighted by Crippen LogP contribution is 2.21. The Balaban J connectivity index is 1.69. The summed E-state index contributed by atoms with van der Waals surface area (Å²) in [6.45, 7) is 3.80. The van der Waals surface area contributed by atoms with Crippen LogP contribution in [0.15, 0.2) is 29.0 Å². The Morgan fingerprint density at radius 1 is 1.00 bits per heavy atom. The average molecular weight is 331 g/mol. The second kappa shape index (κ2) is 6.20. The van der Waals surface area contributed by atoms with Gasteiger partial charge >= 0.3 is 0 Å². The summed E-state index contributed by atoms with van der Waals surface area (Å²) in [5.74, 6) is 0.438. The summed E-state index contributed by atoms with van der Waals surface area (Å²) in [7, 11) is 0. The van der Waals surface area contributed by atoms with Crippen LogP contribution in [0.3, 0.4) is 0 Å². The molecule has 0 spiro atoms. The number of amides is 1. The van der Waals surface area contributed by atoms with Crippen molar-refractivity contribution in [2.45, 2.75) is 13.8 Å². The van der Waals surface area contributed by atoms with Crippen LogP contribution in [0.1, 0.15) is 21.9 Å². The standard InChI is InChI=1S/C14H13N5OS2/c1-8-4-3-5-11(15-8)18-14-17-10(7-22-14)12(20)19-13-16-9(2)6-21-13/h3-7H,1-2H3,(H,15,17,18)(H,16,19,20). The molecule has 0 unspecified atom stereocenters. The van der Waals surface area contributed by atoms with Crippen LogP contribution in [-0.2, 0) is 0 Å². The van der Waals surface area contributed by atoms with E-state index in [1.54, 1.807) is 5.38 Å². The molecule has 112 valence electrons. The van der Waals surface area contributed by atoms with E-state index in [9.17, 15) is 4.79 Å². The number of rotatable bonds is 4. The molecule has 0 atom stereocenters. The van der Waals surface area contributed by atoms with Gasteiger partial charge in [0.25, 0.3) is 5.91 Å². The van der Waals surface area contributed by atoms with Gasteiger partial charge in [0.1, 0.15) is 11.5 Å². The molecular formula is C14H13N5OS2. The van der Waals surface area contributed by atoms with E-state index < -0.39 is 0 Å². The molecule has 3 aromatic rings. The molecule has 2 N–H and O–H groups in total. The summed E-state index contributed by atoms with van der Waals surface area (Å²) in [6.07, 6.45) is 0. The van der Waals surface area contributed by atoms with E-state index in [0.29, 0.717) is 21.8 Å². The van der Waals surface area contributed by atoms with E-state index >= 15 is 0 Å². The smallest absolute Gasteiger partial charge is 0.276 e. The van der Waals surface area contributed by atoms with Gasteiger partial charge in [0.05, 0.1) is 5.69 Å². The second-order valence-corrected chi connectivity index (χ2v) is 6.29.